The van der Waals surface area contributed by atoms with Crippen molar-refractivity contribution in [1.82, 2.24) is 4.37 Å². The van der Waals surface area contributed by atoms with Gasteiger partial charge in [0.2, 0.25) is 0 Å². The molecule has 18 heavy (non-hydrogen) atoms. The van der Waals surface area contributed by atoms with Crippen LogP contribution in [0.5, 0.6) is 0 Å². The molecular formula is C14H23N3S. The van der Waals surface area contributed by atoms with E-state index in [1.165, 1.54) is 62.1 Å². The van der Waals surface area contributed by atoms with Crippen LogP contribution in [0.3, 0.4) is 0 Å². The van der Waals surface area contributed by atoms with Crippen molar-refractivity contribution in [2.24, 2.45) is 5.92 Å². The topological polar surface area (TPSA) is 42.2 Å². The Labute approximate surface area is 114 Å². The van der Waals surface area contributed by atoms with Crippen LogP contribution in [0.2, 0.25) is 0 Å². The van der Waals surface area contributed by atoms with E-state index in [-0.39, 0.29) is 0 Å². The summed E-state index contributed by atoms with van der Waals surface area (Å²) in [5.41, 5.74) is 7.37. The van der Waals surface area contributed by atoms with Gasteiger partial charge in [-0.3, -0.25) is 0 Å². The fraction of sp³-hybridized carbons (Fsp3) is 0.786. The van der Waals surface area contributed by atoms with E-state index in [1.54, 1.807) is 11.5 Å². The fourth-order valence-corrected chi connectivity index (χ4v) is 4.04. The summed E-state index contributed by atoms with van der Waals surface area (Å²) < 4.78 is 4.37. The first-order valence-corrected chi connectivity index (χ1v) is 7.99. The maximum absolute atomic E-state index is 6.03. The molecule has 0 radical (unpaired) electrons. The highest BCUT2D eigenvalue weighted by Gasteiger charge is 2.32. The highest BCUT2D eigenvalue weighted by molar-refractivity contribution is 7.10. The van der Waals surface area contributed by atoms with E-state index in [0.717, 1.165) is 11.7 Å². The van der Waals surface area contributed by atoms with E-state index in [4.69, 9.17) is 5.73 Å². The normalized spacial score (nSPS) is 21.2. The number of rotatable bonds is 4. The van der Waals surface area contributed by atoms with Gasteiger partial charge in [0.05, 0.1) is 0 Å². The van der Waals surface area contributed by atoms with Gasteiger partial charge in [-0.15, -0.1) is 0 Å². The van der Waals surface area contributed by atoms with Gasteiger partial charge in [-0.1, -0.05) is 19.3 Å². The van der Waals surface area contributed by atoms with Crippen LogP contribution in [0.1, 0.15) is 56.4 Å². The van der Waals surface area contributed by atoms with Gasteiger partial charge in [-0.05, 0) is 49.1 Å². The smallest absolute Gasteiger partial charge is 0.142 e. The highest BCUT2D eigenvalue weighted by atomic mass is 32.1. The minimum atomic E-state index is 0.701. The Kier molecular flexibility index (Phi) is 3.46. The second-order valence-corrected chi connectivity index (χ2v) is 6.70. The van der Waals surface area contributed by atoms with Gasteiger partial charge < -0.3 is 10.6 Å². The number of nitrogens with two attached hydrogens (primary N) is 1. The van der Waals surface area contributed by atoms with Gasteiger partial charge in [0, 0.05) is 19.2 Å². The van der Waals surface area contributed by atoms with E-state index in [1.807, 2.05) is 0 Å². The zero-order valence-corrected chi connectivity index (χ0v) is 12.0. The molecule has 2 fully saturated rings. The lowest BCUT2D eigenvalue weighted by atomic mass is 9.89. The van der Waals surface area contributed by atoms with E-state index in [0.29, 0.717) is 5.92 Å². The Morgan fingerprint density at radius 2 is 1.94 bits per heavy atom. The average Bonchev–Trinajstić information content (AvgIpc) is 3.13. The second kappa shape index (κ2) is 5.08. The lowest BCUT2D eigenvalue weighted by Crippen LogP contribution is -2.26. The van der Waals surface area contributed by atoms with Crippen molar-refractivity contribution in [1.29, 1.82) is 0 Å². The number of nitrogens with zero attached hydrogens (tertiary/aromatic N) is 2. The molecule has 0 bridgehead atoms. The highest BCUT2D eigenvalue weighted by Crippen LogP contribution is 2.48. The van der Waals surface area contributed by atoms with Gasteiger partial charge in [-0.2, -0.15) is 4.37 Å². The summed E-state index contributed by atoms with van der Waals surface area (Å²) in [6.45, 7) is 1.18. The van der Waals surface area contributed by atoms with Crippen molar-refractivity contribution in [3.8, 4) is 0 Å². The van der Waals surface area contributed by atoms with Crippen molar-refractivity contribution in [3.63, 3.8) is 0 Å². The van der Waals surface area contributed by atoms with Gasteiger partial charge >= 0.3 is 0 Å². The molecule has 2 aliphatic carbocycles. The number of hydrogen-bond donors (Lipinski definition) is 1. The molecule has 0 aromatic carbocycles. The minimum absolute atomic E-state index is 0.701. The van der Waals surface area contributed by atoms with Gasteiger partial charge in [-0.25, -0.2) is 0 Å². The van der Waals surface area contributed by atoms with Crippen molar-refractivity contribution < 1.29 is 0 Å². The van der Waals surface area contributed by atoms with Crippen LogP contribution in [0.15, 0.2) is 0 Å². The third kappa shape index (κ3) is 2.48. The van der Waals surface area contributed by atoms with E-state index >= 15 is 0 Å². The second-order valence-electron chi connectivity index (χ2n) is 5.95. The van der Waals surface area contributed by atoms with Gasteiger partial charge in [0.15, 0.2) is 0 Å². The first-order chi connectivity index (χ1) is 8.75. The summed E-state index contributed by atoms with van der Waals surface area (Å²) in [5, 5.41) is 1.33. The summed E-state index contributed by atoms with van der Waals surface area (Å²) in [4.78, 5) is 2.41. The molecule has 0 atom stereocenters. The van der Waals surface area contributed by atoms with E-state index < -0.39 is 0 Å². The van der Waals surface area contributed by atoms with Gasteiger partial charge in [0.25, 0.3) is 0 Å². The Bertz CT molecular complexity index is 405. The lowest BCUT2D eigenvalue weighted by molar-refractivity contribution is 0.362. The number of nitrogen functional groups attached to an aromatic ring is 1. The molecule has 1 aromatic heterocycles. The van der Waals surface area contributed by atoms with Crippen LogP contribution in [-0.2, 0) is 0 Å². The molecule has 2 saturated carbocycles. The standard InChI is InChI=1S/C14H23N3S/c1-17(9-10-5-3-2-4-6-10)14-12(11-7-8-11)13(15)16-18-14/h10-11H,2-9H2,1H3,(H2,15,16). The molecule has 4 heteroatoms. The van der Waals surface area contributed by atoms with E-state index in [2.05, 4.69) is 16.3 Å². The SMILES string of the molecule is CN(CC1CCCCC1)c1snc(N)c1C1CC1. The van der Waals surface area contributed by atoms with Crippen molar-refractivity contribution in [3.05, 3.63) is 5.56 Å². The maximum Gasteiger partial charge on any atom is 0.142 e. The maximum atomic E-state index is 6.03. The molecule has 0 amide bonds. The first-order valence-electron chi connectivity index (χ1n) is 7.22. The molecular weight excluding hydrogens is 242 g/mol. The largest absolute Gasteiger partial charge is 0.383 e. The summed E-state index contributed by atoms with van der Waals surface area (Å²) in [5.74, 6) is 2.36. The third-order valence-corrected chi connectivity index (χ3v) is 5.32. The third-order valence-electron chi connectivity index (χ3n) is 4.33. The van der Waals surface area contributed by atoms with Crippen molar-refractivity contribution in [2.45, 2.75) is 50.9 Å². The average molecular weight is 265 g/mol. The van der Waals surface area contributed by atoms with Crippen LogP contribution in [0, 0.1) is 5.92 Å². The zero-order valence-electron chi connectivity index (χ0n) is 11.2. The number of hydrogen-bond acceptors (Lipinski definition) is 4. The van der Waals surface area contributed by atoms with E-state index in [9.17, 15) is 0 Å². The Hall–Kier alpha value is -0.770. The van der Waals surface area contributed by atoms with Gasteiger partial charge in [0.1, 0.15) is 10.8 Å². The Balaban J connectivity index is 1.69. The van der Waals surface area contributed by atoms with Crippen molar-refractivity contribution >= 4 is 22.4 Å². The van der Waals surface area contributed by atoms with Crippen LogP contribution in [0.25, 0.3) is 0 Å². The summed E-state index contributed by atoms with van der Waals surface area (Å²) in [7, 11) is 2.22. The number of aromatic nitrogens is 1. The molecule has 1 aromatic rings. The first kappa shape index (κ1) is 12.3. The van der Waals surface area contributed by atoms with Crippen LogP contribution >= 0.6 is 11.5 Å². The van der Waals surface area contributed by atoms with Crippen molar-refractivity contribution in [2.75, 3.05) is 24.2 Å². The zero-order chi connectivity index (χ0) is 12.5. The molecule has 0 unspecified atom stereocenters. The fourth-order valence-electron chi connectivity index (χ4n) is 3.17. The monoisotopic (exact) mass is 265 g/mol. The molecule has 3 nitrogen and oxygen atoms in total. The summed E-state index contributed by atoms with van der Waals surface area (Å²) in [6.07, 6.45) is 9.66. The molecule has 0 saturated heterocycles. The molecule has 1 heterocycles. The van der Waals surface area contributed by atoms with Crippen LogP contribution in [0.4, 0.5) is 10.8 Å². The molecule has 2 N–H and O–H groups in total. The minimum Gasteiger partial charge on any atom is -0.383 e. The van der Waals surface area contributed by atoms with Crippen LogP contribution < -0.4 is 10.6 Å². The number of anilines is 2. The molecule has 3 rings (SSSR count). The predicted molar refractivity (Wildman–Crippen MR) is 78.3 cm³/mol. The lowest BCUT2D eigenvalue weighted by Gasteiger charge is -2.28. The molecule has 0 aliphatic heterocycles. The molecule has 100 valence electrons. The predicted octanol–water partition coefficient (Wildman–Crippen LogP) is 3.62. The molecule has 2 aliphatic rings. The van der Waals surface area contributed by atoms with Crippen LogP contribution in [-0.4, -0.2) is 18.0 Å². The summed E-state index contributed by atoms with van der Waals surface area (Å²) in [6, 6.07) is 0. The molecule has 0 spiro atoms. The Morgan fingerprint density at radius 3 is 2.61 bits per heavy atom. The quantitative estimate of drug-likeness (QED) is 0.904. The summed E-state index contributed by atoms with van der Waals surface area (Å²) >= 11 is 1.59. The Morgan fingerprint density at radius 1 is 1.22 bits per heavy atom.